The molecular formula is C18H20N4O2S2. The molecule has 1 amide bonds. The molecule has 3 rings (SSSR count). The summed E-state index contributed by atoms with van der Waals surface area (Å²) in [5, 5.41) is 14.0. The number of nitrogen functional groups attached to an aromatic ring is 1. The minimum absolute atomic E-state index is 0.145. The number of fused-ring (bicyclic) bond motifs is 1. The van der Waals surface area contributed by atoms with Gasteiger partial charge in [0, 0.05) is 12.1 Å². The molecule has 2 aromatic heterocycles. The predicted molar refractivity (Wildman–Crippen MR) is 108 cm³/mol. The molecule has 0 radical (unpaired) electrons. The van der Waals surface area contributed by atoms with E-state index in [0.717, 1.165) is 18.4 Å². The van der Waals surface area contributed by atoms with Crippen molar-refractivity contribution in [2.45, 2.75) is 24.9 Å². The summed E-state index contributed by atoms with van der Waals surface area (Å²) in [7, 11) is 0. The van der Waals surface area contributed by atoms with Crippen molar-refractivity contribution in [2.75, 3.05) is 18.5 Å². The fourth-order valence-corrected chi connectivity index (χ4v) is 4.02. The number of carbonyl (C=O) groups is 1. The topological polar surface area (TPSA) is 101 Å². The van der Waals surface area contributed by atoms with E-state index in [2.05, 4.69) is 22.2 Å². The highest BCUT2D eigenvalue weighted by molar-refractivity contribution is 7.98. The smallest absolute Gasteiger partial charge is 0.263 e. The molecule has 2 heterocycles. The fraction of sp³-hybridized carbons (Fsp3) is 0.278. The maximum Gasteiger partial charge on any atom is 0.263 e. The number of hydrogen-bond donors (Lipinski definition) is 3. The highest BCUT2D eigenvalue weighted by Crippen LogP contribution is 2.39. The quantitative estimate of drug-likeness (QED) is 0.336. The summed E-state index contributed by atoms with van der Waals surface area (Å²) in [4.78, 5) is 22.7. The molecule has 0 saturated carbocycles. The number of nitrogens with zero attached hydrogens (tertiary/aromatic N) is 2. The summed E-state index contributed by atoms with van der Waals surface area (Å²) < 4.78 is 0. The predicted octanol–water partition coefficient (Wildman–Crippen LogP) is 3.90. The zero-order chi connectivity index (χ0) is 18.7. The third kappa shape index (κ3) is 3.61. The number of aromatic hydroxyl groups is 1. The van der Waals surface area contributed by atoms with Gasteiger partial charge in [-0.15, -0.1) is 11.3 Å². The summed E-state index contributed by atoms with van der Waals surface area (Å²) in [5.74, 6) is -0.0437. The van der Waals surface area contributed by atoms with Crippen LogP contribution in [-0.4, -0.2) is 33.8 Å². The molecule has 0 aliphatic heterocycles. The van der Waals surface area contributed by atoms with Crippen LogP contribution >= 0.6 is 23.1 Å². The molecule has 0 spiro atoms. The second-order valence-corrected chi connectivity index (χ2v) is 7.52. The van der Waals surface area contributed by atoms with Crippen LogP contribution in [0.2, 0.25) is 0 Å². The normalized spacial score (nSPS) is 11.0. The SMILES string of the molecule is CCCCNC(=O)c1sc2nc(SC)nc(-c3cccc(O)c3)c2c1N. The molecule has 6 nitrogen and oxygen atoms in total. The molecule has 1 aromatic carbocycles. The van der Waals surface area contributed by atoms with Gasteiger partial charge in [0.1, 0.15) is 15.5 Å². The molecule has 4 N–H and O–H groups in total. The standard InChI is InChI=1S/C18H20N4O2S2/c1-3-4-8-20-16(24)15-13(19)12-14(10-6-5-7-11(23)9-10)21-18(25-2)22-17(12)26-15/h5-7,9,23H,3-4,8,19H2,1-2H3,(H,20,24). The van der Waals surface area contributed by atoms with Crippen LogP contribution < -0.4 is 11.1 Å². The van der Waals surface area contributed by atoms with Crippen molar-refractivity contribution in [1.29, 1.82) is 0 Å². The van der Waals surface area contributed by atoms with E-state index < -0.39 is 0 Å². The second kappa shape index (κ2) is 7.92. The number of carbonyl (C=O) groups excluding carboxylic acids is 1. The maximum absolute atomic E-state index is 12.5. The van der Waals surface area contributed by atoms with Gasteiger partial charge in [-0.1, -0.05) is 37.2 Å². The van der Waals surface area contributed by atoms with Gasteiger partial charge in [-0.25, -0.2) is 9.97 Å². The van der Waals surface area contributed by atoms with E-state index in [1.165, 1.54) is 23.1 Å². The Hall–Kier alpha value is -2.32. The Morgan fingerprint density at radius 1 is 1.38 bits per heavy atom. The van der Waals surface area contributed by atoms with Crippen LogP contribution in [0.1, 0.15) is 29.4 Å². The first-order valence-electron chi connectivity index (χ1n) is 8.26. The van der Waals surface area contributed by atoms with Crippen molar-refractivity contribution in [3.05, 3.63) is 29.1 Å². The summed E-state index contributed by atoms with van der Waals surface area (Å²) in [6, 6.07) is 6.83. The Morgan fingerprint density at radius 2 is 2.19 bits per heavy atom. The first-order valence-corrected chi connectivity index (χ1v) is 10.3. The summed E-state index contributed by atoms with van der Waals surface area (Å²) in [6.07, 6.45) is 3.82. The third-order valence-electron chi connectivity index (χ3n) is 3.89. The van der Waals surface area contributed by atoms with Gasteiger partial charge in [-0.3, -0.25) is 4.79 Å². The molecule has 0 aliphatic rings. The van der Waals surface area contributed by atoms with Gasteiger partial charge >= 0.3 is 0 Å². The molecule has 0 unspecified atom stereocenters. The van der Waals surface area contributed by atoms with Crippen LogP contribution in [0.4, 0.5) is 5.69 Å². The van der Waals surface area contributed by atoms with Crippen LogP contribution in [0.25, 0.3) is 21.5 Å². The second-order valence-electron chi connectivity index (χ2n) is 5.74. The average molecular weight is 389 g/mol. The van der Waals surface area contributed by atoms with Gasteiger partial charge in [0.2, 0.25) is 0 Å². The van der Waals surface area contributed by atoms with Crippen molar-refractivity contribution in [3.63, 3.8) is 0 Å². The minimum Gasteiger partial charge on any atom is -0.508 e. The summed E-state index contributed by atoms with van der Waals surface area (Å²) >= 11 is 2.69. The molecule has 0 saturated heterocycles. The first-order chi connectivity index (χ1) is 12.5. The van der Waals surface area contributed by atoms with Gasteiger partial charge in [0.05, 0.1) is 16.8 Å². The lowest BCUT2D eigenvalue weighted by molar-refractivity contribution is 0.0958. The van der Waals surface area contributed by atoms with E-state index in [1.54, 1.807) is 18.2 Å². The van der Waals surface area contributed by atoms with Gasteiger partial charge in [-0.2, -0.15) is 0 Å². The molecule has 136 valence electrons. The van der Waals surface area contributed by atoms with E-state index in [-0.39, 0.29) is 11.7 Å². The Bertz CT molecular complexity index is 956. The number of thiophene rings is 1. The Balaban J connectivity index is 2.14. The Kier molecular flexibility index (Phi) is 5.63. The maximum atomic E-state index is 12.5. The number of phenols is 1. The van der Waals surface area contributed by atoms with Crippen LogP contribution in [0, 0.1) is 0 Å². The zero-order valence-electron chi connectivity index (χ0n) is 14.6. The molecule has 0 fully saturated rings. The monoisotopic (exact) mass is 388 g/mol. The Labute approximate surface area is 159 Å². The van der Waals surface area contributed by atoms with Gasteiger partial charge in [-0.05, 0) is 24.8 Å². The van der Waals surface area contributed by atoms with Crippen molar-refractivity contribution in [1.82, 2.24) is 15.3 Å². The number of benzene rings is 1. The van der Waals surface area contributed by atoms with Gasteiger partial charge in [0.15, 0.2) is 5.16 Å². The third-order valence-corrected chi connectivity index (χ3v) is 5.54. The van der Waals surface area contributed by atoms with E-state index in [1.807, 2.05) is 12.3 Å². The number of phenolic OH excluding ortho intramolecular Hbond substituents is 1. The van der Waals surface area contributed by atoms with Crippen molar-refractivity contribution in [2.24, 2.45) is 0 Å². The fourth-order valence-electron chi connectivity index (χ4n) is 2.58. The average Bonchev–Trinajstić information content (AvgIpc) is 2.98. The van der Waals surface area contributed by atoms with E-state index in [4.69, 9.17) is 5.73 Å². The zero-order valence-corrected chi connectivity index (χ0v) is 16.2. The Morgan fingerprint density at radius 3 is 2.88 bits per heavy atom. The molecule has 26 heavy (non-hydrogen) atoms. The minimum atomic E-state index is -0.188. The highest BCUT2D eigenvalue weighted by atomic mass is 32.2. The summed E-state index contributed by atoms with van der Waals surface area (Å²) in [6.45, 7) is 2.69. The van der Waals surface area contributed by atoms with Gasteiger partial charge in [0.25, 0.3) is 5.91 Å². The summed E-state index contributed by atoms with van der Waals surface area (Å²) in [5.41, 5.74) is 8.05. The van der Waals surface area contributed by atoms with Crippen molar-refractivity contribution >= 4 is 44.9 Å². The molecular weight excluding hydrogens is 368 g/mol. The molecule has 0 bridgehead atoms. The number of nitrogens with one attached hydrogen (secondary N) is 1. The number of amides is 1. The number of nitrogens with two attached hydrogens (primary N) is 1. The van der Waals surface area contributed by atoms with Crippen LogP contribution in [-0.2, 0) is 0 Å². The van der Waals surface area contributed by atoms with Crippen LogP contribution in [0.15, 0.2) is 29.4 Å². The van der Waals surface area contributed by atoms with Crippen LogP contribution in [0.3, 0.4) is 0 Å². The molecule has 0 atom stereocenters. The van der Waals surface area contributed by atoms with E-state index in [0.29, 0.717) is 38.2 Å². The number of hydrogen-bond acceptors (Lipinski definition) is 7. The molecule has 8 heteroatoms. The first kappa shape index (κ1) is 18.5. The van der Waals surface area contributed by atoms with Gasteiger partial charge < -0.3 is 16.2 Å². The van der Waals surface area contributed by atoms with Crippen molar-refractivity contribution < 1.29 is 9.90 Å². The van der Waals surface area contributed by atoms with E-state index in [9.17, 15) is 9.90 Å². The lowest BCUT2D eigenvalue weighted by Crippen LogP contribution is -2.24. The number of unbranched alkanes of at least 4 members (excludes halogenated alkanes) is 1. The number of thioether (sulfide) groups is 1. The lowest BCUT2D eigenvalue weighted by Gasteiger charge is -2.07. The number of anilines is 1. The van der Waals surface area contributed by atoms with Crippen molar-refractivity contribution in [3.8, 4) is 17.0 Å². The molecule has 3 aromatic rings. The van der Waals surface area contributed by atoms with Crippen LogP contribution in [0.5, 0.6) is 5.75 Å². The number of rotatable bonds is 6. The highest BCUT2D eigenvalue weighted by Gasteiger charge is 2.22. The lowest BCUT2D eigenvalue weighted by atomic mass is 10.1. The molecule has 0 aliphatic carbocycles. The van der Waals surface area contributed by atoms with E-state index >= 15 is 0 Å². The number of aromatic nitrogens is 2. The largest absolute Gasteiger partial charge is 0.508 e.